The second kappa shape index (κ2) is 8.79. The van der Waals surface area contributed by atoms with Crippen molar-refractivity contribution in [2.24, 2.45) is 0 Å². The van der Waals surface area contributed by atoms with Crippen LogP contribution in [0.25, 0.3) is 0 Å². The van der Waals surface area contributed by atoms with E-state index >= 15 is 0 Å². The second-order valence-electron chi connectivity index (χ2n) is 6.45. The van der Waals surface area contributed by atoms with Crippen LogP contribution in [0.1, 0.15) is 16.1 Å². The van der Waals surface area contributed by atoms with E-state index in [0.29, 0.717) is 28.7 Å². The van der Waals surface area contributed by atoms with Gasteiger partial charge in [-0.3, -0.25) is 9.48 Å². The Labute approximate surface area is 176 Å². The average molecular weight is 426 g/mol. The van der Waals surface area contributed by atoms with Gasteiger partial charge in [-0.15, -0.1) is 0 Å². The molecule has 30 heavy (non-hydrogen) atoms. The third kappa shape index (κ3) is 4.84. The minimum Gasteiger partial charge on any atom is -0.471 e. The molecule has 0 radical (unpaired) electrons. The Morgan fingerprint density at radius 2 is 1.83 bits per heavy atom. The Hall–Kier alpha value is -3.65. The van der Waals surface area contributed by atoms with Crippen LogP contribution in [0.4, 0.5) is 10.1 Å². The number of nitrogens with one attached hydrogen (secondary N) is 1. The topological polar surface area (TPSA) is 74.0 Å². The normalized spacial score (nSPS) is 10.7. The number of nitrogens with zero attached hydrogens (tertiary/aromatic N) is 4. The fourth-order valence-corrected chi connectivity index (χ4v) is 2.91. The van der Waals surface area contributed by atoms with Crippen LogP contribution in [0.3, 0.4) is 0 Å². The number of carbonyl (C=O) groups is 1. The fraction of sp³-hybridized carbons (Fsp3) is 0.0952. The van der Waals surface area contributed by atoms with Crippen molar-refractivity contribution < 1.29 is 13.9 Å². The molecule has 2 aromatic carbocycles. The summed E-state index contributed by atoms with van der Waals surface area (Å²) in [7, 11) is 0. The summed E-state index contributed by atoms with van der Waals surface area (Å²) in [4.78, 5) is 12.6. The highest BCUT2D eigenvalue weighted by atomic mass is 35.5. The second-order valence-corrected chi connectivity index (χ2v) is 6.89. The van der Waals surface area contributed by atoms with Gasteiger partial charge >= 0.3 is 0 Å². The van der Waals surface area contributed by atoms with E-state index in [0.717, 1.165) is 5.56 Å². The van der Waals surface area contributed by atoms with E-state index in [1.54, 1.807) is 59.5 Å². The van der Waals surface area contributed by atoms with Gasteiger partial charge in [-0.2, -0.15) is 10.2 Å². The summed E-state index contributed by atoms with van der Waals surface area (Å²) in [5.74, 6) is -0.0133. The summed E-state index contributed by atoms with van der Waals surface area (Å²) in [6, 6.07) is 14.7. The molecule has 9 heteroatoms. The summed E-state index contributed by atoms with van der Waals surface area (Å²) < 4.78 is 21.8. The zero-order valence-electron chi connectivity index (χ0n) is 15.7. The summed E-state index contributed by atoms with van der Waals surface area (Å²) >= 11 is 5.86. The maximum atomic E-state index is 13.0. The smallest absolute Gasteiger partial charge is 0.274 e. The fourth-order valence-electron chi connectivity index (χ4n) is 2.78. The van der Waals surface area contributed by atoms with Crippen molar-refractivity contribution >= 4 is 23.2 Å². The Morgan fingerprint density at radius 1 is 1.07 bits per heavy atom. The number of halogens is 2. The molecule has 0 unspecified atom stereocenters. The van der Waals surface area contributed by atoms with Crippen LogP contribution >= 0.6 is 11.6 Å². The van der Waals surface area contributed by atoms with Gasteiger partial charge < -0.3 is 10.1 Å². The van der Waals surface area contributed by atoms with E-state index in [1.807, 2.05) is 0 Å². The molecule has 0 fully saturated rings. The van der Waals surface area contributed by atoms with Crippen LogP contribution in [0, 0.1) is 5.82 Å². The molecule has 2 aromatic heterocycles. The quantitative estimate of drug-likeness (QED) is 0.481. The molecule has 0 saturated heterocycles. The van der Waals surface area contributed by atoms with Crippen LogP contribution in [-0.2, 0) is 13.3 Å². The van der Waals surface area contributed by atoms with Crippen molar-refractivity contribution in [2.45, 2.75) is 13.3 Å². The van der Waals surface area contributed by atoms with Gasteiger partial charge in [0.1, 0.15) is 17.3 Å². The molecule has 4 rings (SSSR count). The molecule has 0 bridgehead atoms. The van der Waals surface area contributed by atoms with Crippen LogP contribution in [-0.4, -0.2) is 25.5 Å². The van der Waals surface area contributed by atoms with Gasteiger partial charge in [0.25, 0.3) is 5.91 Å². The number of anilines is 1. The van der Waals surface area contributed by atoms with Gasteiger partial charge in [0.2, 0.25) is 0 Å². The molecule has 0 saturated carbocycles. The van der Waals surface area contributed by atoms with E-state index in [9.17, 15) is 9.18 Å². The first kappa shape index (κ1) is 19.7. The Bertz CT molecular complexity index is 1140. The first-order valence-electron chi connectivity index (χ1n) is 9.05. The highest BCUT2D eigenvalue weighted by molar-refractivity contribution is 6.30. The summed E-state index contributed by atoms with van der Waals surface area (Å²) in [5.41, 5.74) is 1.78. The van der Waals surface area contributed by atoms with E-state index in [4.69, 9.17) is 16.3 Å². The lowest BCUT2D eigenvalue weighted by Crippen LogP contribution is -2.19. The molecule has 0 aliphatic carbocycles. The molecule has 2 heterocycles. The molecular formula is C21H17ClFN5O2. The third-order valence-corrected chi connectivity index (χ3v) is 4.52. The molecule has 1 amide bonds. The van der Waals surface area contributed by atoms with Gasteiger partial charge in [-0.25, -0.2) is 9.07 Å². The molecule has 1 N–H and O–H groups in total. The van der Waals surface area contributed by atoms with Crippen LogP contribution in [0.5, 0.6) is 5.75 Å². The molecule has 0 spiro atoms. The predicted octanol–water partition coefficient (Wildman–Crippen LogP) is 4.21. The van der Waals surface area contributed by atoms with Crippen molar-refractivity contribution in [3.8, 4) is 5.75 Å². The third-order valence-electron chi connectivity index (χ3n) is 4.27. The zero-order valence-corrected chi connectivity index (χ0v) is 16.5. The number of hydrogen-bond donors (Lipinski definition) is 1. The summed E-state index contributed by atoms with van der Waals surface area (Å²) in [6.07, 6.45) is 4.77. The Kier molecular flexibility index (Phi) is 5.76. The van der Waals surface area contributed by atoms with Gasteiger partial charge in [-0.05, 0) is 48.0 Å². The molecule has 0 aliphatic heterocycles. The van der Waals surface area contributed by atoms with E-state index in [2.05, 4.69) is 15.5 Å². The maximum Gasteiger partial charge on any atom is 0.274 e. The SMILES string of the molecule is O=C(Nc1cnn(Cc2ccc(F)cc2)c1)c1ccnn1COc1ccc(Cl)cc1. The lowest BCUT2D eigenvalue weighted by atomic mass is 10.2. The number of carbonyl (C=O) groups excluding carboxylic acids is 1. The monoisotopic (exact) mass is 425 g/mol. The van der Waals surface area contributed by atoms with E-state index in [-0.39, 0.29) is 18.5 Å². The average Bonchev–Trinajstić information content (AvgIpc) is 3.39. The zero-order chi connectivity index (χ0) is 20.9. The summed E-state index contributed by atoms with van der Waals surface area (Å²) in [6.45, 7) is 0.532. The largest absolute Gasteiger partial charge is 0.471 e. The van der Waals surface area contributed by atoms with Gasteiger partial charge in [0, 0.05) is 17.4 Å². The molecule has 0 atom stereocenters. The number of amides is 1. The Morgan fingerprint density at radius 3 is 2.60 bits per heavy atom. The van der Waals surface area contributed by atoms with Crippen molar-refractivity contribution in [1.29, 1.82) is 0 Å². The van der Waals surface area contributed by atoms with Gasteiger partial charge in [-0.1, -0.05) is 23.7 Å². The lowest BCUT2D eigenvalue weighted by Gasteiger charge is -2.09. The minimum absolute atomic E-state index is 0.0706. The van der Waals surface area contributed by atoms with Crippen molar-refractivity contribution in [1.82, 2.24) is 19.6 Å². The highest BCUT2D eigenvalue weighted by Crippen LogP contribution is 2.16. The van der Waals surface area contributed by atoms with Crippen LogP contribution < -0.4 is 10.1 Å². The van der Waals surface area contributed by atoms with E-state index < -0.39 is 0 Å². The number of ether oxygens (including phenoxy) is 1. The molecule has 152 valence electrons. The van der Waals surface area contributed by atoms with E-state index in [1.165, 1.54) is 23.0 Å². The number of benzene rings is 2. The minimum atomic E-state index is -0.339. The van der Waals surface area contributed by atoms with Crippen molar-refractivity contribution in [2.75, 3.05) is 5.32 Å². The standard InChI is InChI=1S/C21H17ClFN5O2/c22-16-3-7-19(8-4-16)30-14-28-20(9-10-24-28)21(29)26-18-11-25-27(13-18)12-15-1-5-17(23)6-2-15/h1-11,13H,12,14H2,(H,26,29). The van der Waals surface area contributed by atoms with Gasteiger partial charge in [0.05, 0.1) is 18.4 Å². The van der Waals surface area contributed by atoms with Crippen LogP contribution in [0.15, 0.2) is 73.2 Å². The molecule has 4 aromatic rings. The predicted molar refractivity (Wildman–Crippen MR) is 110 cm³/mol. The Balaban J connectivity index is 1.37. The van der Waals surface area contributed by atoms with Crippen LogP contribution in [0.2, 0.25) is 5.02 Å². The maximum absolute atomic E-state index is 13.0. The number of hydrogen-bond acceptors (Lipinski definition) is 4. The molecular weight excluding hydrogens is 409 g/mol. The van der Waals surface area contributed by atoms with Gasteiger partial charge in [0.15, 0.2) is 6.73 Å². The first-order valence-corrected chi connectivity index (χ1v) is 9.43. The number of rotatable bonds is 7. The molecule has 0 aliphatic rings. The lowest BCUT2D eigenvalue weighted by molar-refractivity contribution is 0.100. The summed E-state index contributed by atoms with van der Waals surface area (Å²) in [5, 5.41) is 11.8. The van der Waals surface area contributed by atoms with Crippen molar-refractivity contribution in [3.05, 3.63) is 95.3 Å². The molecule has 7 nitrogen and oxygen atoms in total. The first-order chi connectivity index (χ1) is 14.6. The van der Waals surface area contributed by atoms with Crippen molar-refractivity contribution in [3.63, 3.8) is 0 Å². The highest BCUT2D eigenvalue weighted by Gasteiger charge is 2.14. The number of aromatic nitrogens is 4.